The Kier molecular flexibility index (Phi) is 6.83. The molecule has 0 aliphatic carbocycles. The predicted molar refractivity (Wildman–Crippen MR) is 135 cm³/mol. The van der Waals surface area contributed by atoms with Crippen LogP contribution in [0.4, 0.5) is 5.82 Å². The first kappa shape index (κ1) is 24.8. The van der Waals surface area contributed by atoms with Crippen LogP contribution < -0.4 is 4.90 Å². The number of anilines is 1. The Morgan fingerprint density at radius 3 is 2.62 bits per heavy atom. The lowest BCUT2D eigenvalue weighted by Gasteiger charge is -2.42. The van der Waals surface area contributed by atoms with Crippen LogP contribution in [0.5, 0.6) is 0 Å². The number of aromatic nitrogens is 1. The zero-order valence-electron chi connectivity index (χ0n) is 20.3. The van der Waals surface area contributed by atoms with Crippen LogP contribution in [-0.2, 0) is 17.8 Å². The van der Waals surface area contributed by atoms with Crippen molar-refractivity contribution < 1.29 is 9.53 Å². The molecule has 1 amide bonds. The Balaban J connectivity index is 1.66. The Labute approximate surface area is 211 Å². The summed E-state index contributed by atoms with van der Waals surface area (Å²) >= 11 is 12.3. The molecule has 180 valence electrons. The Hall–Kier alpha value is -2.33. The fourth-order valence-corrected chi connectivity index (χ4v) is 5.36. The molecule has 1 fully saturated rings. The SMILES string of the molecule is CC(C)c1nc(N2CCN(C(=O)c3ccc(Cl)cc3Cl)[C@H](C)C2)c(C#N)c2c1COC(C)(C)C2. The number of carbonyl (C=O) groups excluding carboxylic acids is 1. The normalized spacial score (nSPS) is 19.7. The van der Waals surface area contributed by atoms with Gasteiger partial charge in [-0.15, -0.1) is 0 Å². The number of nitriles is 1. The van der Waals surface area contributed by atoms with Gasteiger partial charge in [0, 0.05) is 42.7 Å². The minimum Gasteiger partial charge on any atom is -0.370 e. The molecule has 1 atom stereocenters. The van der Waals surface area contributed by atoms with Crippen molar-refractivity contribution in [3.8, 4) is 6.07 Å². The fourth-order valence-electron chi connectivity index (χ4n) is 4.87. The summed E-state index contributed by atoms with van der Waals surface area (Å²) in [6, 6.07) is 7.30. The first-order valence-electron chi connectivity index (χ1n) is 11.6. The number of halogens is 2. The highest BCUT2D eigenvalue weighted by Gasteiger charge is 2.35. The monoisotopic (exact) mass is 500 g/mol. The molecule has 0 saturated carbocycles. The molecule has 34 heavy (non-hydrogen) atoms. The largest absolute Gasteiger partial charge is 0.370 e. The molecular formula is C26H30Cl2N4O2. The van der Waals surface area contributed by atoms with Crippen molar-refractivity contribution in [2.24, 2.45) is 0 Å². The maximum absolute atomic E-state index is 13.2. The molecule has 0 unspecified atom stereocenters. The maximum Gasteiger partial charge on any atom is 0.255 e. The van der Waals surface area contributed by atoms with Crippen LogP contribution in [-0.4, -0.2) is 47.1 Å². The summed E-state index contributed by atoms with van der Waals surface area (Å²) in [6.07, 6.45) is 0.670. The third kappa shape index (κ3) is 4.62. The van der Waals surface area contributed by atoms with E-state index < -0.39 is 0 Å². The lowest BCUT2D eigenvalue weighted by Crippen LogP contribution is -2.54. The van der Waals surface area contributed by atoms with Crippen molar-refractivity contribution in [3.05, 3.63) is 56.2 Å². The van der Waals surface area contributed by atoms with Gasteiger partial charge in [0.25, 0.3) is 5.91 Å². The van der Waals surface area contributed by atoms with Gasteiger partial charge in [0.05, 0.1) is 34.1 Å². The second kappa shape index (κ2) is 9.37. The number of fused-ring (bicyclic) bond motifs is 1. The summed E-state index contributed by atoms with van der Waals surface area (Å²) in [4.78, 5) is 22.2. The molecular weight excluding hydrogens is 471 g/mol. The van der Waals surface area contributed by atoms with E-state index >= 15 is 0 Å². The molecule has 2 aliphatic rings. The molecule has 0 spiro atoms. The average molecular weight is 501 g/mol. The van der Waals surface area contributed by atoms with Crippen molar-refractivity contribution in [1.29, 1.82) is 5.26 Å². The highest BCUT2D eigenvalue weighted by Crippen LogP contribution is 2.38. The van der Waals surface area contributed by atoms with Gasteiger partial charge >= 0.3 is 0 Å². The summed E-state index contributed by atoms with van der Waals surface area (Å²) in [5.41, 5.74) is 3.82. The molecule has 8 heteroatoms. The average Bonchev–Trinajstić information content (AvgIpc) is 2.76. The lowest BCUT2D eigenvalue weighted by atomic mass is 9.86. The van der Waals surface area contributed by atoms with Crippen molar-refractivity contribution in [2.45, 2.75) is 65.2 Å². The summed E-state index contributed by atoms with van der Waals surface area (Å²) in [5, 5.41) is 11.0. The third-order valence-corrected chi connectivity index (χ3v) is 7.19. The number of piperazine rings is 1. The van der Waals surface area contributed by atoms with E-state index in [-0.39, 0.29) is 23.5 Å². The molecule has 6 nitrogen and oxygen atoms in total. The van der Waals surface area contributed by atoms with Gasteiger partial charge < -0.3 is 14.5 Å². The highest BCUT2D eigenvalue weighted by atomic mass is 35.5. The van der Waals surface area contributed by atoms with E-state index in [0.29, 0.717) is 59.7 Å². The molecule has 0 radical (unpaired) electrons. The Morgan fingerprint density at radius 2 is 2.00 bits per heavy atom. The van der Waals surface area contributed by atoms with E-state index in [1.807, 2.05) is 11.8 Å². The highest BCUT2D eigenvalue weighted by molar-refractivity contribution is 6.36. The lowest BCUT2D eigenvalue weighted by molar-refractivity contribution is -0.0408. The van der Waals surface area contributed by atoms with E-state index in [2.05, 4.69) is 38.7 Å². The Bertz CT molecular complexity index is 1170. The number of amides is 1. The molecule has 3 heterocycles. The molecule has 0 bridgehead atoms. The number of ether oxygens (including phenoxy) is 1. The van der Waals surface area contributed by atoms with Gasteiger partial charge in [-0.25, -0.2) is 4.98 Å². The topological polar surface area (TPSA) is 69.5 Å². The van der Waals surface area contributed by atoms with Crippen LogP contribution in [0.25, 0.3) is 0 Å². The molecule has 1 saturated heterocycles. The summed E-state index contributed by atoms with van der Waals surface area (Å²) in [5.74, 6) is 0.804. The number of hydrogen-bond donors (Lipinski definition) is 0. The van der Waals surface area contributed by atoms with Gasteiger partial charge in [-0.3, -0.25) is 4.79 Å². The first-order chi connectivity index (χ1) is 16.0. The summed E-state index contributed by atoms with van der Waals surface area (Å²) < 4.78 is 6.06. The minimum absolute atomic E-state index is 0.0837. The van der Waals surface area contributed by atoms with Crippen molar-refractivity contribution in [1.82, 2.24) is 9.88 Å². The summed E-state index contributed by atoms with van der Waals surface area (Å²) in [6.45, 7) is 12.5. The van der Waals surface area contributed by atoms with Gasteiger partial charge in [0.2, 0.25) is 0 Å². The number of nitrogens with zero attached hydrogens (tertiary/aromatic N) is 4. The number of rotatable bonds is 3. The number of hydrogen-bond acceptors (Lipinski definition) is 5. The molecule has 2 aromatic rings. The smallest absolute Gasteiger partial charge is 0.255 e. The molecule has 2 aliphatic heterocycles. The number of pyridine rings is 1. The number of benzene rings is 1. The first-order valence-corrected chi connectivity index (χ1v) is 12.4. The van der Waals surface area contributed by atoms with Crippen molar-refractivity contribution in [2.75, 3.05) is 24.5 Å². The van der Waals surface area contributed by atoms with Crippen LogP contribution in [0.15, 0.2) is 18.2 Å². The Morgan fingerprint density at radius 1 is 1.26 bits per heavy atom. The molecule has 1 aromatic heterocycles. The zero-order valence-corrected chi connectivity index (χ0v) is 21.8. The molecule has 0 N–H and O–H groups in total. The van der Waals surface area contributed by atoms with Crippen LogP contribution in [0.1, 0.15) is 73.3 Å². The van der Waals surface area contributed by atoms with Crippen molar-refractivity contribution >= 4 is 34.9 Å². The van der Waals surface area contributed by atoms with E-state index in [1.54, 1.807) is 18.2 Å². The predicted octanol–water partition coefficient (Wildman–Crippen LogP) is 5.59. The number of carbonyl (C=O) groups is 1. The zero-order chi connectivity index (χ0) is 24.8. The maximum atomic E-state index is 13.2. The third-order valence-electron chi connectivity index (χ3n) is 6.64. The molecule has 4 rings (SSSR count). The standard InChI is InChI=1S/C26H30Cl2N4O2/c1-15(2)23-21-14-34-26(4,5)11-19(21)20(12-29)24(30-23)31-8-9-32(16(3)13-31)25(33)18-7-6-17(27)10-22(18)28/h6-7,10,15-16H,8-9,11,13-14H2,1-5H3/t16-/m1/s1. The van der Waals surface area contributed by atoms with Gasteiger partial charge in [-0.2, -0.15) is 5.26 Å². The van der Waals surface area contributed by atoms with Gasteiger partial charge in [0.15, 0.2) is 0 Å². The fraction of sp³-hybridized carbons (Fsp3) is 0.500. The quantitative estimate of drug-likeness (QED) is 0.549. The summed E-state index contributed by atoms with van der Waals surface area (Å²) in [7, 11) is 0. The van der Waals surface area contributed by atoms with E-state index in [4.69, 9.17) is 32.9 Å². The van der Waals surface area contributed by atoms with E-state index in [0.717, 1.165) is 16.8 Å². The van der Waals surface area contributed by atoms with Gasteiger partial charge in [-0.1, -0.05) is 37.0 Å². The van der Waals surface area contributed by atoms with Crippen LogP contribution in [0, 0.1) is 11.3 Å². The van der Waals surface area contributed by atoms with E-state index in [9.17, 15) is 10.1 Å². The van der Waals surface area contributed by atoms with Crippen LogP contribution >= 0.6 is 23.2 Å². The minimum atomic E-state index is -0.332. The second-order valence-electron chi connectivity index (χ2n) is 10.1. The van der Waals surface area contributed by atoms with Gasteiger partial charge in [-0.05, 0) is 50.5 Å². The second-order valence-corrected chi connectivity index (χ2v) is 10.9. The van der Waals surface area contributed by atoms with Crippen LogP contribution in [0.3, 0.4) is 0 Å². The van der Waals surface area contributed by atoms with E-state index in [1.165, 1.54) is 0 Å². The molecule has 1 aromatic carbocycles. The van der Waals surface area contributed by atoms with Crippen molar-refractivity contribution in [3.63, 3.8) is 0 Å². The van der Waals surface area contributed by atoms with Gasteiger partial charge in [0.1, 0.15) is 11.9 Å². The van der Waals surface area contributed by atoms with Crippen LogP contribution in [0.2, 0.25) is 10.0 Å².